The molecule has 8 heteroatoms. The topological polar surface area (TPSA) is 92.6 Å². The lowest BCUT2D eigenvalue weighted by atomic mass is 9.94. The Labute approximate surface area is 165 Å². The van der Waals surface area contributed by atoms with E-state index in [1.54, 1.807) is 6.20 Å². The fourth-order valence-corrected chi connectivity index (χ4v) is 2.73. The van der Waals surface area contributed by atoms with Crippen molar-refractivity contribution in [1.29, 1.82) is 0 Å². The van der Waals surface area contributed by atoms with Gasteiger partial charge < -0.3 is 15.1 Å². The molecular formula is C20H29N7O. The van der Waals surface area contributed by atoms with E-state index in [1.165, 1.54) is 0 Å². The van der Waals surface area contributed by atoms with Crippen molar-refractivity contribution in [2.45, 2.75) is 52.5 Å². The first-order valence-corrected chi connectivity index (χ1v) is 9.73. The lowest BCUT2D eigenvalue weighted by Gasteiger charge is -2.13. The molecule has 0 saturated carbocycles. The minimum atomic E-state index is -0.0520. The number of rotatable bonds is 7. The normalized spacial score (nSPS) is 12.5. The number of nitrogens with one attached hydrogen (secondary N) is 2. The minimum absolute atomic E-state index is 0.0520. The number of aromatic nitrogens is 4. The first-order chi connectivity index (χ1) is 13.5. The second-order valence-electron chi connectivity index (χ2n) is 7.64. The average molecular weight is 384 g/mol. The van der Waals surface area contributed by atoms with E-state index in [-0.39, 0.29) is 5.41 Å². The molecule has 0 aliphatic heterocycles. The van der Waals surface area contributed by atoms with Gasteiger partial charge in [-0.15, -0.1) is 10.2 Å². The number of nitrogens with zero attached hydrogens (tertiary/aromatic N) is 5. The summed E-state index contributed by atoms with van der Waals surface area (Å²) in [7, 11) is 0. The largest absolute Gasteiger partial charge is 0.443 e. The number of aliphatic imine (C=N–C) groups is 1. The maximum absolute atomic E-state index is 5.80. The van der Waals surface area contributed by atoms with E-state index >= 15 is 0 Å². The van der Waals surface area contributed by atoms with Gasteiger partial charge in [-0.25, -0.2) is 9.98 Å². The predicted molar refractivity (Wildman–Crippen MR) is 109 cm³/mol. The first kappa shape index (κ1) is 19.9. The molecule has 0 saturated heterocycles. The second kappa shape index (κ2) is 8.86. The number of guanidine groups is 1. The Balaban J connectivity index is 1.51. The highest BCUT2D eigenvalue weighted by Crippen LogP contribution is 2.22. The van der Waals surface area contributed by atoms with Crippen LogP contribution in [-0.2, 0) is 18.4 Å². The number of oxazole rings is 1. The van der Waals surface area contributed by atoms with Crippen LogP contribution in [0.25, 0.3) is 5.65 Å². The third-order valence-electron chi connectivity index (χ3n) is 4.26. The molecule has 3 aromatic rings. The summed E-state index contributed by atoms with van der Waals surface area (Å²) in [5, 5.41) is 15.0. The highest BCUT2D eigenvalue weighted by Gasteiger charge is 2.19. The molecule has 2 N–H and O–H groups in total. The summed E-state index contributed by atoms with van der Waals surface area (Å²) in [6, 6.07) is 5.91. The maximum Gasteiger partial charge on any atom is 0.216 e. The Kier molecular flexibility index (Phi) is 6.28. The summed E-state index contributed by atoms with van der Waals surface area (Å²) in [6.07, 6.45) is 5.54. The molecule has 0 aliphatic carbocycles. The van der Waals surface area contributed by atoms with E-state index in [4.69, 9.17) is 4.42 Å². The van der Waals surface area contributed by atoms with Crippen molar-refractivity contribution in [2.24, 2.45) is 4.99 Å². The van der Waals surface area contributed by atoms with Crippen LogP contribution in [0.15, 0.2) is 40.0 Å². The van der Waals surface area contributed by atoms with Crippen molar-refractivity contribution in [3.8, 4) is 0 Å². The standard InChI is InChI=1S/C20H29N7O/c1-5-21-19(24-14-18-23-13-15(28-18)20(2,3)4)22-11-8-10-17-26-25-16-9-6-7-12-27(16)17/h6-7,9,12-13H,5,8,10-11,14H2,1-4H3,(H2,21,22,24). The molecule has 150 valence electrons. The zero-order valence-electron chi connectivity index (χ0n) is 17.1. The average Bonchev–Trinajstić information content (AvgIpc) is 3.30. The minimum Gasteiger partial charge on any atom is -0.443 e. The number of hydrogen-bond acceptors (Lipinski definition) is 5. The fourth-order valence-electron chi connectivity index (χ4n) is 2.73. The van der Waals surface area contributed by atoms with Crippen molar-refractivity contribution in [2.75, 3.05) is 13.1 Å². The van der Waals surface area contributed by atoms with Gasteiger partial charge in [0.1, 0.15) is 18.1 Å². The molecule has 0 fully saturated rings. The molecule has 3 rings (SSSR count). The van der Waals surface area contributed by atoms with E-state index in [1.807, 2.05) is 35.7 Å². The number of pyridine rings is 1. The number of aryl methyl sites for hydroxylation is 1. The smallest absolute Gasteiger partial charge is 0.216 e. The molecule has 0 atom stereocenters. The highest BCUT2D eigenvalue weighted by molar-refractivity contribution is 5.79. The monoisotopic (exact) mass is 383 g/mol. The molecule has 0 aliphatic rings. The van der Waals surface area contributed by atoms with Gasteiger partial charge in [0.05, 0.1) is 6.20 Å². The zero-order valence-corrected chi connectivity index (χ0v) is 17.1. The van der Waals surface area contributed by atoms with Gasteiger partial charge in [0.15, 0.2) is 11.6 Å². The molecule has 0 radical (unpaired) electrons. The summed E-state index contributed by atoms with van der Waals surface area (Å²) in [6.45, 7) is 10.3. The maximum atomic E-state index is 5.80. The van der Waals surface area contributed by atoms with Gasteiger partial charge in [0.25, 0.3) is 0 Å². The summed E-state index contributed by atoms with van der Waals surface area (Å²) in [5.41, 5.74) is 0.824. The lowest BCUT2D eigenvalue weighted by Crippen LogP contribution is -2.37. The first-order valence-electron chi connectivity index (χ1n) is 9.73. The number of fused-ring (bicyclic) bond motifs is 1. The molecule has 0 spiro atoms. The molecular weight excluding hydrogens is 354 g/mol. The van der Waals surface area contributed by atoms with Crippen LogP contribution in [0.3, 0.4) is 0 Å². The van der Waals surface area contributed by atoms with Crippen LogP contribution in [0, 0.1) is 0 Å². The Morgan fingerprint density at radius 3 is 2.82 bits per heavy atom. The fraction of sp³-hybridized carbons (Fsp3) is 0.500. The van der Waals surface area contributed by atoms with Crippen molar-refractivity contribution >= 4 is 11.6 Å². The third-order valence-corrected chi connectivity index (χ3v) is 4.26. The van der Waals surface area contributed by atoms with E-state index in [2.05, 4.69) is 51.6 Å². The van der Waals surface area contributed by atoms with Gasteiger partial charge in [0.2, 0.25) is 5.89 Å². The summed E-state index contributed by atoms with van der Waals surface area (Å²) in [5.74, 6) is 3.21. The van der Waals surface area contributed by atoms with Crippen LogP contribution < -0.4 is 10.6 Å². The summed E-state index contributed by atoms with van der Waals surface area (Å²) in [4.78, 5) is 8.90. The summed E-state index contributed by atoms with van der Waals surface area (Å²) < 4.78 is 7.82. The van der Waals surface area contributed by atoms with Crippen molar-refractivity contribution < 1.29 is 4.42 Å². The Bertz CT molecular complexity index is 920. The van der Waals surface area contributed by atoms with Gasteiger partial charge in [-0.3, -0.25) is 4.40 Å². The van der Waals surface area contributed by atoms with Gasteiger partial charge in [-0.2, -0.15) is 0 Å². The van der Waals surface area contributed by atoms with Crippen molar-refractivity contribution in [3.63, 3.8) is 0 Å². The molecule has 0 unspecified atom stereocenters. The Morgan fingerprint density at radius 1 is 1.21 bits per heavy atom. The van der Waals surface area contributed by atoms with Crippen LogP contribution in [0.1, 0.15) is 51.6 Å². The second-order valence-corrected chi connectivity index (χ2v) is 7.64. The molecule has 8 nitrogen and oxygen atoms in total. The van der Waals surface area contributed by atoms with Crippen LogP contribution in [0.4, 0.5) is 0 Å². The molecule has 0 aromatic carbocycles. The molecule has 0 amide bonds. The van der Waals surface area contributed by atoms with E-state index in [0.29, 0.717) is 12.4 Å². The van der Waals surface area contributed by atoms with Crippen LogP contribution in [0.2, 0.25) is 0 Å². The van der Waals surface area contributed by atoms with Crippen molar-refractivity contribution in [1.82, 2.24) is 30.2 Å². The van der Waals surface area contributed by atoms with Crippen molar-refractivity contribution in [3.05, 3.63) is 48.1 Å². The van der Waals surface area contributed by atoms with Crippen LogP contribution in [0.5, 0.6) is 0 Å². The quantitative estimate of drug-likeness (QED) is 0.370. The lowest BCUT2D eigenvalue weighted by molar-refractivity contribution is 0.383. The Morgan fingerprint density at radius 2 is 2.07 bits per heavy atom. The predicted octanol–water partition coefficient (Wildman–Crippen LogP) is 2.70. The van der Waals surface area contributed by atoms with Gasteiger partial charge in [-0.05, 0) is 25.5 Å². The third kappa shape index (κ3) is 5.09. The van der Waals surface area contributed by atoms with Gasteiger partial charge in [-0.1, -0.05) is 26.8 Å². The Hall–Kier alpha value is -2.90. The van der Waals surface area contributed by atoms with E-state index in [9.17, 15) is 0 Å². The van der Waals surface area contributed by atoms with E-state index in [0.717, 1.165) is 49.1 Å². The zero-order chi connectivity index (χ0) is 20.0. The van der Waals surface area contributed by atoms with Crippen LogP contribution in [-0.4, -0.2) is 38.6 Å². The van der Waals surface area contributed by atoms with Gasteiger partial charge >= 0.3 is 0 Å². The highest BCUT2D eigenvalue weighted by atomic mass is 16.4. The van der Waals surface area contributed by atoms with E-state index < -0.39 is 0 Å². The molecule has 28 heavy (non-hydrogen) atoms. The molecule has 3 aromatic heterocycles. The van der Waals surface area contributed by atoms with Crippen LogP contribution >= 0.6 is 0 Å². The molecule has 3 heterocycles. The summed E-state index contributed by atoms with van der Waals surface area (Å²) >= 11 is 0. The molecule has 0 bridgehead atoms. The SMILES string of the molecule is CCNC(=NCc1ncc(C(C)(C)C)o1)NCCCc1nnc2ccccn12. The van der Waals surface area contributed by atoms with Gasteiger partial charge in [0, 0.05) is 31.1 Å². The number of hydrogen-bond donors (Lipinski definition) is 2.